The SMILES string of the molecule is CC1N(CCCOC(=O)[C@](O)(c2ccccc2)[C@@H]2CCC(F)(F)C2)C=CN1Cc1ccc(Br)cc1. The Labute approximate surface area is 213 Å². The second kappa shape index (κ2) is 10.7. The molecule has 35 heavy (non-hydrogen) atoms. The standard InChI is InChI=1S/C27H31BrF2N2O3/c1-20-31(15-16-32(20)19-21-8-10-24(28)11-9-21)14-5-17-35-25(33)27(34,22-6-3-2-4-7-22)23-12-13-26(29,30)18-23/h2-4,6-11,15-16,20,23,34H,5,12-14,17-19H2,1H3/t20?,23-,27+/m1/s1. The number of carbonyl (C=O) groups is 1. The third-order valence-corrected chi connectivity index (χ3v) is 7.53. The van der Waals surface area contributed by atoms with Gasteiger partial charge in [0.2, 0.25) is 5.92 Å². The summed E-state index contributed by atoms with van der Waals surface area (Å²) in [7, 11) is 0. The molecule has 1 N–H and O–H groups in total. The number of carbonyl (C=O) groups excluding carboxylic acids is 1. The van der Waals surface area contributed by atoms with E-state index in [0.29, 0.717) is 18.5 Å². The Balaban J connectivity index is 1.30. The topological polar surface area (TPSA) is 53.0 Å². The zero-order valence-corrected chi connectivity index (χ0v) is 21.3. The largest absolute Gasteiger partial charge is 0.463 e. The molecule has 0 saturated heterocycles. The summed E-state index contributed by atoms with van der Waals surface area (Å²) in [6.07, 6.45) is 3.97. The lowest BCUT2D eigenvalue weighted by Gasteiger charge is -2.32. The minimum atomic E-state index is -2.88. The predicted octanol–water partition coefficient (Wildman–Crippen LogP) is 5.64. The van der Waals surface area contributed by atoms with Crippen molar-refractivity contribution in [3.05, 3.63) is 82.6 Å². The number of hydrogen-bond donors (Lipinski definition) is 1. The van der Waals surface area contributed by atoms with Gasteiger partial charge in [0.15, 0.2) is 5.60 Å². The third kappa shape index (κ3) is 5.86. The van der Waals surface area contributed by atoms with Crippen LogP contribution in [0.4, 0.5) is 8.78 Å². The molecule has 0 amide bonds. The van der Waals surface area contributed by atoms with Crippen LogP contribution in [0.1, 0.15) is 43.7 Å². The zero-order valence-electron chi connectivity index (χ0n) is 19.7. The summed E-state index contributed by atoms with van der Waals surface area (Å²) in [5.74, 6) is -4.62. The van der Waals surface area contributed by atoms with E-state index >= 15 is 0 Å². The van der Waals surface area contributed by atoms with E-state index in [-0.39, 0.29) is 25.6 Å². The minimum Gasteiger partial charge on any atom is -0.463 e. The van der Waals surface area contributed by atoms with Crippen molar-refractivity contribution >= 4 is 21.9 Å². The summed E-state index contributed by atoms with van der Waals surface area (Å²) in [6, 6.07) is 16.5. The average Bonchev–Trinajstić information content (AvgIpc) is 3.39. The summed E-state index contributed by atoms with van der Waals surface area (Å²) >= 11 is 3.45. The smallest absolute Gasteiger partial charge is 0.343 e. The summed E-state index contributed by atoms with van der Waals surface area (Å²) in [5.41, 5.74) is -0.575. The molecule has 3 atom stereocenters. The first-order valence-corrected chi connectivity index (χ1v) is 12.8. The van der Waals surface area contributed by atoms with Crippen LogP contribution in [0.15, 0.2) is 71.5 Å². The van der Waals surface area contributed by atoms with E-state index < -0.39 is 29.8 Å². The van der Waals surface area contributed by atoms with Crippen molar-refractivity contribution in [3.8, 4) is 0 Å². The number of alkyl halides is 2. The highest BCUT2D eigenvalue weighted by molar-refractivity contribution is 9.10. The van der Waals surface area contributed by atoms with Crippen LogP contribution in [0.3, 0.4) is 0 Å². The van der Waals surface area contributed by atoms with Gasteiger partial charge in [-0.1, -0.05) is 58.4 Å². The van der Waals surface area contributed by atoms with Gasteiger partial charge in [0.1, 0.15) is 0 Å². The van der Waals surface area contributed by atoms with Crippen LogP contribution in [0, 0.1) is 5.92 Å². The molecule has 0 bridgehead atoms. The normalized spacial score (nSPS) is 22.9. The van der Waals surface area contributed by atoms with Crippen molar-refractivity contribution in [1.29, 1.82) is 0 Å². The summed E-state index contributed by atoms with van der Waals surface area (Å²) < 4.78 is 34.4. The second-order valence-electron chi connectivity index (χ2n) is 9.38. The van der Waals surface area contributed by atoms with Crippen molar-refractivity contribution in [1.82, 2.24) is 9.80 Å². The van der Waals surface area contributed by atoms with Crippen molar-refractivity contribution in [2.24, 2.45) is 5.92 Å². The van der Waals surface area contributed by atoms with E-state index in [2.05, 4.69) is 44.8 Å². The molecule has 5 nitrogen and oxygen atoms in total. The summed E-state index contributed by atoms with van der Waals surface area (Å²) in [4.78, 5) is 17.4. The molecular weight excluding hydrogens is 518 g/mol. The molecule has 2 aromatic carbocycles. The molecule has 0 aromatic heterocycles. The van der Waals surface area contributed by atoms with Crippen LogP contribution >= 0.6 is 15.9 Å². The quantitative estimate of drug-likeness (QED) is 0.324. The lowest BCUT2D eigenvalue weighted by Crippen LogP contribution is -2.44. The molecule has 1 saturated carbocycles. The van der Waals surface area contributed by atoms with Crippen LogP contribution in [0.5, 0.6) is 0 Å². The first kappa shape index (κ1) is 25.6. The molecule has 4 rings (SSSR count). The van der Waals surface area contributed by atoms with E-state index in [1.807, 2.05) is 24.5 Å². The van der Waals surface area contributed by atoms with Crippen LogP contribution in [0.2, 0.25) is 0 Å². The molecule has 8 heteroatoms. The van der Waals surface area contributed by atoms with Gasteiger partial charge in [0.25, 0.3) is 0 Å². The molecule has 1 fully saturated rings. The monoisotopic (exact) mass is 548 g/mol. The fourth-order valence-corrected chi connectivity index (χ4v) is 5.16. The van der Waals surface area contributed by atoms with Gasteiger partial charge in [-0.3, -0.25) is 0 Å². The maximum absolute atomic E-state index is 13.9. The second-order valence-corrected chi connectivity index (χ2v) is 10.3. The van der Waals surface area contributed by atoms with E-state index in [9.17, 15) is 18.7 Å². The van der Waals surface area contributed by atoms with E-state index in [4.69, 9.17) is 4.74 Å². The lowest BCUT2D eigenvalue weighted by molar-refractivity contribution is -0.175. The molecule has 2 aliphatic rings. The van der Waals surface area contributed by atoms with Crippen molar-refractivity contribution in [2.45, 2.75) is 56.8 Å². The van der Waals surface area contributed by atoms with E-state index in [1.54, 1.807) is 30.3 Å². The van der Waals surface area contributed by atoms with Crippen molar-refractivity contribution < 1.29 is 23.4 Å². The maximum atomic E-state index is 13.9. The molecule has 2 aromatic rings. The molecule has 1 unspecified atom stereocenters. The van der Waals surface area contributed by atoms with Gasteiger partial charge in [-0.2, -0.15) is 0 Å². The van der Waals surface area contributed by atoms with Gasteiger partial charge in [0, 0.05) is 48.7 Å². The van der Waals surface area contributed by atoms with Crippen LogP contribution in [-0.4, -0.2) is 46.1 Å². The van der Waals surface area contributed by atoms with Crippen LogP contribution < -0.4 is 0 Å². The number of rotatable bonds is 9. The first-order valence-electron chi connectivity index (χ1n) is 12.0. The number of nitrogens with zero attached hydrogens (tertiary/aromatic N) is 2. The Morgan fingerprint density at radius 1 is 1.14 bits per heavy atom. The maximum Gasteiger partial charge on any atom is 0.343 e. The van der Waals surface area contributed by atoms with Gasteiger partial charge < -0.3 is 19.6 Å². The third-order valence-electron chi connectivity index (χ3n) is 7.00. The fourth-order valence-electron chi connectivity index (χ4n) is 4.90. The molecular formula is C27H31BrF2N2O3. The van der Waals surface area contributed by atoms with Crippen LogP contribution in [0.25, 0.3) is 0 Å². The van der Waals surface area contributed by atoms with Crippen LogP contribution in [-0.2, 0) is 21.7 Å². The molecule has 1 aliphatic heterocycles. The van der Waals surface area contributed by atoms with Crippen molar-refractivity contribution in [2.75, 3.05) is 13.2 Å². The number of ether oxygens (including phenoxy) is 1. The van der Waals surface area contributed by atoms with Gasteiger partial charge in [-0.15, -0.1) is 0 Å². The Morgan fingerprint density at radius 2 is 1.83 bits per heavy atom. The Bertz CT molecular complexity index is 1030. The summed E-state index contributed by atoms with van der Waals surface area (Å²) in [5, 5.41) is 11.4. The Hall–Kier alpha value is -2.45. The zero-order chi connectivity index (χ0) is 25.1. The highest BCUT2D eigenvalue weighted by Gasteiger charge is 2.54. The van der Waals surface area contributed by atoms with Gasteiger partial charge in [-0.25, -0.2) is 13.6 Å². The molecule has 0 radical (unpaired) electrons. The number of esters is 1. The number of halogens is 3. The first-order chi connectivity index (χ1) is 16.7. The average molecular weight is 549 g/mol. The highest BCUT2D eigenvalue weighted by Crippen LogP contribution is 2.47. The molecule has 1 heterocycles. The lowest BCUT2D eigenvalue weighted by atomic mass is 9.80. The fraction of sp³-hybridized carbons (Fsp3) is 0.444. The molecule has 188 valence electrons. The van der Waals surface area contributed by atoms with Crippen molar-refractivity contribution in [3.63, 3.8) is 0 Å². The molecule has 0 spiro atoms. The van der Waals surface area contributed by atoms with Gasteiger partial charge >= 0.3 is 5.97 Å². The van der Waals surface area contributed by atoms with E-state index in [0.717, 1.165) is 11.0 Å². The van der Waals surface area contributed by atoms with Gasteiger partial charge in [-0.05, 0) is 43.0 Å². The number of aliphatic hydroxyl groups is 1. The predicted molar refractivity (Wildman–Crippen MR) is 133 cm³/mol. The minimum absolute atomic E-state index is 0.0672. The number of benzene rings is 2. The highest BCUT2D eigenvalue weighted by atomic mass is 79.9. The van der Waals surface area contributed by atoms with Gasteiger partial charge in [0.05, 0.1) is 12.8 Å². The summed E-state index contributed by atoms with van der Waals surface area (Å²) in [6.45, 7) is 3.65. The number of hydrogen-bond acceptors (Lipinski definition) is 5. The molecule has 1 aliphatic carbocycles. The Morgan fingerprint density at radius 3 is 2.49 bits per heavy atom. The Kier molecular flexibility index (Phi) is 7.81. The van der Waals surface area contributed by atoms with E-state index in [1.165, 1.54) is 5.56 Å².